The molecule has 1 atom stereocenters. The Bertz CT molecular complexity index is 662. The maximum Gasteiger partial charge on any atom is 0.262 e. The van der Waals surface area contributed by atoms with E-state index in [0.29, 0.717) is 12.4 Å². The summed E-state index contributed by atoms with van der Waals surface area (Å²) >= 11 is 0. The van der Waals surface area contributed by atoms with Crippen LogP contribution in [0.1, 0.15) is 25.4 Å². The Morgan fingerprint density at radius 1 is 1.30 bits per heavy atom. The number of anilines is 1. The van der Waals surface area contributed by atoms with Crippen LogP contribution in [0.5, 0.6) is 5.75 Å². The second kappa shape index (κ2) is 8.03. The number of amides is 1. The number of aryl methyl sites for hydroxylation is 1. The molecule has 0 radical (unpaired) electrons. The summed E-state index contributed by atoms with van der Waals surface area (Å²) in [5, 5.41) is 6.98. The van der Waals surface area contributed by atoms with E-state index in [1.165, 1.54) is 6.21 Å². The fourth-order valence-electron chi connectivity index (χ4n) is 1.91. The number of rotatable bonds is 7. The molecule has 2 aromatic rings. The summed E-state index contributed by atoms with van der Waals surface area (Å²) in [4.78, 5) is 12.0. The van der Waals surface area contributed by atoms with Crippen LogP contribution in [-0.2, 0) is 4.79 Å². The average molecular weight is 315 g/mol. The zero-order chi connectivity index (χ0) is 16.7. The third-order valence-corrected chi connectivity index (χ3v) is 3.07. The van der Waals surface area contributed by atoms with Crippen molar-refractivity contribution in [2.75, 3.05) is 11.9 Å². The standard InChI is InChI=1S/C17H21N3O3/c1-4-22-15-9-6-14(7-10-15)19-13(3)17(21)20-18-11-16-8-5-12(2)23-16/h5-11,13,19H,4H2,1-3H3,(H,20,21)/b18-11+. The number of ether oxygens (including phenoxy) is 1. The highest BCUT2D eigenvalue weighted by atomic mass is 16.5. The molecule has 1 aromatic carbocycles. The number of carbonyl (C=O) groups excluding carboxylic acids is 1. The first-order chi connectivity index (χ1) is 11.1. The molecule has 1 heterocycles. The zero-order valence-corrected chi connectivity index (χ0v) is 13.5. The maximum absolute atomic E-state index is 12.0. The summed E-state index contributed by atoms with van der Waals surface area (Å²) in [6.45, 7) is 6.17. The van der Waals surface area contributed by atoms with Gasteiger partial charge in [0, 0.05) is 5.69 Å². The number of nitrogens with zero attached hydrogens (tertiary/aromatic N) is 1. The molecule has 0 bridgehead atoms. The van der Waals surface area contributed by atoms with Gasteiger partial charge in [0.25, 0.3) is 5.91 Å². The van der Waals surface area contributed by atoms with Crippen LogP contribution < -0.4 is 15.5 Å². The van der Waals surface area contributed by atoms with E-state index >= 15 is 0 Å². The molecule has 122 valence electrons. The molecule has 0 fully saturated rings. The predicted molar refractivity (Wildman–Crippen MR) is 89.9 cm³/mol. The second-order valence-corrected chi connectivity index (χ2v) is 5.01. The van der Waals surface area contributed by atoms with Gasteiger partial charge in [0.1, 0.15) is 23.3 Å². The SMILES string of the molecule is CCOc1ccc(NC(C)C(=O)N/N=C/c2ccc(C)o2)cc1. The topological polar surface area (TPSA) is 75.9 Å². The van der Waals surface area contributed by atoms with E-state index in [1.807, 2.05) is 44.2 Å². The molecule has 0 aliphatic carbocycles. The fourth-order valence-corrected chi connectivity index (χ4v) is 1.91. The molecule has 6 heteroatoms. The first kappa shape index (κ1) is 16.6. The van der Waals surface area contributed by atoms with E-state index in [0.717, 1.165) is 17.2 Å². The van der Waals surface area contributed by atoms with Crippen molar-refractivity contribution in [3.63, 3.8) is 0 Å². The lowest BCUT2D eigenvalue weighted by molar-refractivity contribution is -0.121. The summed E-state index contributed by atoms with van der Waals surface area (Å²) in [6.07, 6.45) is 1.47. The lowest BCUT2D eigenvalue weighted by Gasteiger charge is -2.13. The Labute approximate surface area is 135 Å². The quantitative estimate of drug-likeness (QED) is 0.608. The van der Waals surface area contributed by atoms with E-state index in [1.54, 1.807) is 13.0 Å². The van der Waals surface area contributed by atoms with Gasteiger partial charge in [-0.05, 0) is 57.2 Å². The van der Waals surface area contributed by atoms with Gasteiger partial charge in [0.2, 0.25) is 0 Å². The Morgan fingerprint density at radius 3 is 2.65 bits per heavy atom. The largest absolute Gasteiger partial charge is 0.494 e. The average Bonchev–Trinajstić information content (AvgIpc) is 2.95. The van der Waals surface area contributed by atoms with Crippen molar-refractivity contribution in [3.05, 3.63) is 47.9 Å². The zero-order valence-electron chi connectivity index (χ0n) is 13.5. The van der Waals surface area contributed by atoms with Gasteiger partial charge in [-0.3, -0.25) is 4.79 Å². The van der Waals surface area contributed by atoms with Crippen LogP contribution in [0.25, 0.3) is 0 Å². The third-order valence-electron chi connectivity index (χ3n) is 3.07. The molecule has 0 saturated heterocycles. The van der Waals surface area contributed by atoms with Crippen LogP contribution in [0.2, 0.25) is 0 Å². The molecule has 6 nitrogen and oxygen atoms in total. The number of hydrazone groups is 1. The molecular formula is C17H21N3O3. The van der Waals surface area contributed by atoms with Gasteiger partial charge in [-0.25, -0.2) is 5.43 Å². The summed E-state index contributed by atoms with van der Waals surface area (Å²) in [5.41, 5.74) is 3.31. The van der Waals surface area contributed by atoms with Gasteiger partial charge in [0.15, 0.2) is 0 Å². The van der Waals surface area contributed by atoms with Gasteiger partial charge in [-0.2, -0.15) is 5.10 Å². The van der Waals surface area contributed by atoms with Crippen LogP contribution >= 0.6 is 0 Å². The number of carbonyl (C=O) groups is 1. The highest BCUT2D eigenvalue weighted by molar-refractivity contribution is 5.85. The van der Waals surface area contributed by atoms with Crippen molar-refractivity contribution >= 4 is 17.8 Å². The molecule has 0 spiro atoms. The molecule has 2 N–H and O–H groups in total. The highest BCUT2D eigenvalue weighted by Gasteiger charge is 2.11. The number of furan rings is 1. The fraction of sp³-hybridized carbons (Fsp3) is 0.294. The molecule has 1 amide bonds. The molecule has 2 rings (SSSR count). The first-order valence-corrected chi connectivity index (χ1v) is 7.47. The minimum atomic E-state index is -0.427. The summed E-state index contributed by atoms with van der Waals surface area (Å²) in [5.74, 6) is 1.95. The molecule has 0 aliphatic heterocycles. The van der Waals surface area contributed by atoms with Gasteiger partial charge in [-0.15, -0.1) is 0 Å². The van der Waals surface area contributed by atoms with E-state index in [4.69, 9.17) is 9.15 Å². The van der Waals surface area contributed by atoms with Crippen LogP contribution in [0.4, 0.5) is 5.69 Å². The molecule has 23 heavy (non-hydrogen) atoms. The Balaban J connectivity index is 1.83. The van der Waals surface area contributed by atoms with E-state index in [2.05, 4.69) is 15.8 Å². The minimum absolute atomic E-state index is 0.238. The third kappa shape index (κ3) is 5.18. The molecule has 1 aromatic heterocycles. The lowest BCUT2D eigenvalue weighted by atomic mass is 10.2. The van der Waals surface area contributed by atoms with Crippen molar-refractivity contribution < 1.29 is 13.9 Å². The number of benzene rings is 1. The van der Waals surface area contributed by atoms with Gasteiger partial charge >= 0.3 is 0 Å². The van der Waals surface area contributed by atoms with E-state index in [9.17, 15) is 4.79 Å². The van der Waals surface area contributed by atoms with Gasteiger partial charge < -0.3 is 14.5 Å². The normalized spacial score (nSPS) is 12.1. The van der Waals surface area contributed by atoms with Crippen molar-refractivity contribution in [1.82, 2.24) is 5.43 Å². The summed E-state index contributed by atoms with van der Waals surface area (Å²) < 4.78 is 10.7. The van der Waals surface area contributed by atoms with E-state index < -0.39 is 6.04 Å². The Hall–Kier alpha value is -2.76. The van der Waals surface area contributed by atoms with Crippen molar-refractivity contribution in [1.29, 1.82) is 0 Å². The second-order valence-electron chi connectivity index (χ2n) is 5.01. The van der Waals surface area contributed by atoms with Crippen LogP contribution in [0.3, 0.4) is 0 Å². The summed E-state index contributed by atoms with van der Waals surface area (Å²) in [7, 11) is 0. The Morgan fingerprint density at radius 2 is 2.04 bits per heavy atom. The lowest BCUT2D eigenvalue weighted by Crippen LogP contribution is -2.34. The van der Waals surface area contributed by atoms with Crippen LogP contribution in [0, 0.1) is 6.92 Å². The number of nitrogens with one attached hydrogen (secondary N) is 2. The molecule has 0 aliphatic rings. The van der Waals surface area contributed by atoms with Crippen LogP contribution in [-0.4, -0.2) is 24.8 Å². The number of hydrogen-bond acceptors (Lipinski definition) is 5. The van der Waals surface area contributed by atoms with Crippen molar-refractivity contribution in [2.45, 2.75) is 26.8 Å². The molecule has 1 unspecified atom stereocenters. The Kier molecular flexibility index (Phi) is 5.80. The highest BCUT2D eigenvalue weighted by Crippen LogP contribution is 2.16. The first-order valence-electron chi connectivity index (χ1n) is 7.47. The number of hydrogen-bond donors (Lipinski definition) is 2. The maximum atomic E-state index is 12.0. The minimum Gasteiger partial charge on any atom is -0.494 e. The molecular weight excluding hydrogens is 294 g/mol. The predicted octanol–water partition coefficient (Wildman–Crippen LogP) is 2.94. The smallest absolute Gasteiger partial charge is 0.262 e. The van der Waals surface area contributed by atoms with Crippen LogP contribution in [0.15, 0.2) is 45.9 Å². The van der Waals surface area contributed by atoms with E-state index in [-0.39, 0.29) is 5.91 Å². The summed E-state index contributed by atoms with van der Waals surface area (Å²) in [6, 6.07) is 10.6. The van der Waals surface area contributed by atoms with Gasteiger partial charge in [0.05, 0.1) is 12.8 Å². The molecule has 0 saturated carbocycles. The monoisotopic (exact) mass is 315 g/mol. The van der Waals surface area contributed by atoms with Crippen molar-refractivity contribution in [2.24, 2.45) is 5.10 Å². The van der Waals surface area contributed by atoms with Crippen molar-refractivity contribution in [3.8, 4) is 5.75 Å². The van der Waals surface area contributed by atoms with Gasteiger partial charge in [-0.1, -0.05) is 0 Å².